The summed E-state index contributed by atoms with van der Waals surface area (Å²) < 4.78 is 51.8. The predicted octanol–water partition coefficient (Wildman–Crippen LogP) is 4.52. The fourth-order valence-corrected chi connectivity index (χ4v) is 4.49. The average Bonchev–Trinajstić information content (AvgIpc) is 3.29. The van der Waals surface area contributed by atoms with Crippen LogP contribution in [0.25, 0.3) is 0 Å². The van der Waals surface area contributed by atoms with E-state index in [-0.39, 0.29) is 24.6 Å². The number of carboxylic acids is 1. The highest BCUT2D eigenvalue weighted by molar-refractivity contribution is 6.03. The van der Waals surface area contributed by atoms with Crippen molar-refractivity contribution in [1.82, 2.24) is 10.2 Å². The summed E-state index contributed by atoms with van der Waals surface area (Å²) in [6.07, 6.45) is 1.69. The Morgan fingerprint density at radius 1 is 1.24 bits per heavy atom. The van der Waals surface area contributed by atoms with Crippen LogP contribution in [0.2, 0.25) is 0 Å². The number of carbonyl (C=O) groups is 2. The lowest BCUT2D eigenvalue weighted by molar-refractivity contribution is -0.199. The first kappa shape index (κ1) is 29.9. The molecule has 3 atom stereocenters. The number of alkyl halides is 3. The van der Waals surface area contributed by atoms with Crippen LogP contribution in [0, 0.1) is 5.41 Å². The molecule has 0 bridgehead atoms. The second-order valence-corrected chi connectivity index (χ2v) is 10.3. The number of halogens is 3. The number of hydrogen-bond acceptors (Lipinski definition) is 6. The van der Waals surface area contributed by atoms with Gasteiger partial charge < -0.3 is 19.9 Å². The minimum atomic E-state index is -4.64. The zero-order valence-corrected chi connectivity index (χ0v) is 22.1. The van der Waals surface area contributed by atoms with E-state index in [2.05, 4.69) is 5.32 Å². The van der Waals surface area contributed by atoms with Crippen molar-refractivity contribution in [2.45, 2.75) is 64.3 Å². The molecule has 10 heteroatoms. The molecular formula is C28H37F3N2O5. The maximum absolute atomic E-state index is 13.4. The van der Waals surface area contributed by atoms with E-state index in [0.29, 0.717) is 38.6 Å². The molecular weight excluding hydrogens is 501 g/mol. The Balaban J connectivity index is 1.44. The van der Waals surface area contributed by atoms with Crippen LogP contribution in [0.4, 0.5) is 13.2 Å². The van der Waals surface area contributed by atoms with E-state index in [1.165, 1.54) is 12.2 Å². The van der Waals surface area contributed by atoms with E-state index < -0.39 is 28.9 Å². The Morgan fingerprint density at radius 3 is 2.58 bits per heavy atom. The molecule has 1 heterocycles. The van der Waals surface area contributed by atoms with Crippen molar-refractivity contribution in [1.29, 1.82) is 0 Å². The largest absolute Gasteiger partial charge is 0.494 e. The van der Waals surface area contributed by atoms with Gasteiger partial charge in [0.1, 0.15) is 11.2 Å². The smallest absolute Gasteiger partial charge is 0.404 e. The SMILES string of the molecule is CCCCOC(C)(Cc1ccc(OCCC2CN(CC3=CC=CC(C)(C(F)(F)F)C3=O)CN2)cc1)C(=O)O. The van der Waals surface area contributed by atoms with Gasteiger partial charge in [0.15, 0.2) is 11.4 Å². The molecule has 210 valence electrons. The third-order valence-corrected chi connectivity index (χ3v) is 7.13. The van der Waals surface area contributed by atoms with Crippen molar-refractivity contribution >= 4 is 11.8 Å². The minimum Gasteiger partial charge on any atom is -0.494 e. The van der Waals surface area contributed by atoms with Gasteiger partial charge in [0, 0.05) is 44.4 Å². The van der Waals surface area contributed by atoms with Gasteiger partial charge in [-0.15, -0.1) is 0 Å². The summed E-state index contributed by atoms with van der Waals surface area (Å²) in [6, 6.07) is 7.32. The number of allylic oxidation sites excluding steroid dienone is 3. The van der Waals surface area contributed by atoms with E-state index in [9.17, 15) is 27.9 Å². The lowest BCUT2D eigenvalue weighted by Crippen LogP contribution is -2.44. The highest BCUT2D eigenvalue weighted by Crippen LogP contribution is 2.43. The number of hydrogen-bond donors (Lipinski definition) is 2. The van der Waals surface area contributed by atoms with E-state index in [4.69, 9.17) is 9.47 Å². The van der Waals surface area contributed by atoms with Crippen molar-refractivity contribution in [3.8, 4) is 5.75 Å². The van der Waals surface area contributed by atoms with E-state index >= 15 is 0 Å². The monoisotopic (exact) mass is 538 g/mol. The Kier molecular flexibility index (Phi) is 9.78. The third-order valence-electron chi connectivity index (χ3n) is 7.13. The van der Waals surface area contributed by atoms with Gasteiger partial charge in [-0.05, 0) is 44.4 Å². The molecule has 0 radical (unpaired) electrons. The van der Waals surface area contributed by atoms with E-state index in [1.54, 1.807) is 19.1 Å². The molecule has 3 rings (SSSR count). The number of aliphatic carboxylic acids is 1. The fraction of sp³-hybridized carbons (Fsp3) is 0.571. The van der Waals surface area contributed by atoms with Crippen LogP contribution < -0.4 is 10.1 Å². The summed E-state index contributed by atoms with van der Waals surface area (Å²) in [5.74, 6) is -1.25. The van der Waals surface area contributed by atoms with Gasteiger partial charge >= 0.3 is 12.1 Å². The second kappa shape index (κ2) is 12.4. The van der Waals surface area contributed by atoms with E-state index in [0.717, 1.165) is 31.4 Å². The lowest BCUT2D eigenvalue weighted by atomic mass is 9.78. The molecule has 1 saturated heterocycles. The normalized spacial score (nSPS) is 23.8. The molecule has 2 N–H and O–H groups in total. The number of rotatable bonds is 13. The van der Waals surface area contributed by atoms with Gasteiger partial charge in [0.05, 0.1) is 6.61 Å². The molecule has 2 aliphatic rings. The maximum Gasteiger partial charge on any atom is 0.404 e. The molecule has 7 nitrogen and oxygen atoms in total. The lowest BCUT2D eigenvalue weighted by Gasteiger charge is -2.31. The summed E-state index contributed by atoms with van der Waals surface area (Å²) in [7, 11) is 0. The molecule has 1 aliphatic heterocycles. The van der Waals surface area contributed by atoms with Crippen LogP contribution in [0.3, 0.4) is 0 Å². The molecule has 0 aromatic heterocycles. The van der Waals surface area contributed by atoms with Crippen molar-refractivity contribution in [2.24, 2.45) is 5.41 Å². The topological polar surface area (TPSA) is 88.1 Å². The van der Waals surface area contributed by atoms with Gasteiger partial charge in [-0.2, -0.15) is 13.2 Å². The number of benzene rings is 1. The summed E-state index contributed by atoms with van der Waals surface area (Å²) in [5, 5.41) is 12.9. The standard InChI is InChI=1S/C28H37F3N2O5/c1-4-5-14-38-27(3,25(35)36)16-20-8-10-23(11-9-20)37-15-12-22-18-33(19-32-22)17-21-7-6-13-26(2,24(21)34)28(29,30)31/h6-11,13,22,32H,4-5,12,14-19H2,1-3H3,(H,35,36). The van der Waals surface area contributed by atoms with Crippen LogP contribution in [0.1, 0.15) is 45.6 Å². The quantitative estimate of drug-likeness (QED) is 0.357. The van der Waals surface area contributed by atoms with Crippen LogP contribution in [0.5, 0.6) is 5.75 Å². The first-order valence-corrected chi connectivity index (χ1v) is 12.9. The van der Waals surface area contributed by atoms with Gasteiger partial charge in [0.2, 0.25) is 0 Å². The third kappa shape index (κ3) is 7.24. The number of ether oxygens (including phenoxy) is 2. The number of Topliss-reactive ketones (excluding diaryl/α,β-unsaturated/α-hetero) is 1. The first-order valence-electron chi connectivity index (χ1n) is 12.9. The fourth-order valence-electron chi connectivity index (χ4n) is 4.49. The Bertz CT molecular complexity index is 1040. The van der Waals surface area contributed by atoms with Crippen molar-refractivity contribution in [3.05, 3.63) is 53.6 Å². The van der Waals surface area contributed by atoms with Gasteiger partial charge in [-0.25, -0.2) is 4.79 Å². The Morgan fingerprint density at radius 2 is 1.95 bits per heavy atom. The second-order valence-electron chi connectivity index (χ2n) is 10.3. The van der Waals surface area contributed by atoms with E-state index in [1.807, 2.05) is 24.0 Å². The molecule has 1 aliphatic carbocycles. The van der Waals surface area contributed by atoms with Gasteiger partial charge in [-0.1, -0.05) is 43.7 Å². The first-order chi connectivity index (χ1) is 17.9. The predicted molar refractivity (Wildman–Crippen MR) is 137 cm³/mol. The highest BCUT2D eigenvalue weighted by Gasteiger charge is 2.56. The molecule has 1 fully saturated rings. The summed E-state index contributed by atoms with van der Waals surface area (Å²) in [5.41, 5.74) is -2.80. The van der Waals surface area contributed by atoms with Crippen LogP contribution in [-0.4, -0.2) is 72.6 Å². The van der Waals surface area contributed by atoms with Gasteiger partial charge in [0.25, 0.3) is 0 Å². The molecule has 0 spiro atoms. The maximum atomic E-state index is 13.4. The number of ketones is 1. The number of carboxylic acid groups (broad SMARTS) is 1. The van der Waals surface area contributed by atoms with Crippen LogP contribution in [0.15, 0.2) is 48.1 Å². The summed E-state index contributed by atoms with van der Waals surface area (Å²) in [6.45, 7) is 6.55. The van der Waals surface area contributed by atoms with Crippen LogP contribution >= 0.6 is 0 Å². The number of nitrogens with zero attached hydrogens (tertiary/aromatic N) is 1. The Hall–Kier alpha value is -2.69. The average molecular weight is 539 g/mol. The number of unbranched alkanes of at least 4 members (excludes halogenated alkanes) is 1. The molecule has 3 unspecified atom stereocenters. The van der Waals surface area contributed by atoms with Crippen molar-refractivity contribution in [2.75, 3.05) is 33.0 Å². The highest BCUT2D eigenvalue weighted by atomic mass is 19.4. The Labute approximate surface area is 221 Å². The zero-order valence-electron chi connectivity index (χ0n) is 22.1. The molecule has 1 aromatic rings. The zero-order chi connectivity index (χ0) is 28.0. The molecule has 0 saturated carbocycles. The molecule has 1 aromatic carbocycles. The van der Waals surface area contributed by atoms with Gasteiger partial charge in [-0.3, -0.25) is 9.69 Å². The molecule has 0 amide bonds. The number of carbonyl (C=O) groups excluding carboxylic acids is 1. The minimum absolute atomic E-state index is 0.0784. The molecule has 38 heavy (non-hydrogen) atoms. The van der Waals surface area contributed by atoms with Crippen molar-refractivity contribution in [3.63, 3.8) is 0 Å². The number of nitrogens with one attached hydrogen (secondary N) is 1. The van der Waals surface area contributed by atoms with Crippen molar-refractivity contribution < 1.29 is 37.3 Å². The van der Waals surface area contributed by atoms with Crippen LogP contribution in [-0.2, 0) is 20.7 Å². The summed E-state index contributed by atoms with van der Waals surface area (Å²) in [4.78, 5) is 26.2. The summed E-state index contributed by atoms with van der Waals surface area (Å²) >= 11 is 0.